The number of ether oxygens (including phenoxy) is 1. The predicted octanol–water partition coefficient (Wildman–Crippen LogP) is 3.52. The first-order valence-corrected chi connectivity index (χ1v) is 8.41. The van der Waals surface area contributed by atoms with Gasteiger partial charge in [0.1, 0.15) is 5.60 Å². The van der Waals surface area contributed by atoms with Gasteiger partial charge in [0.25, 0.3) is 0 Å². The van der Waals surface area contributed by atoms with Crippen LogP contribution in [0.4, 0.5) is 0 Å². The third-order valence-electron chi connectivity index (χ3n) is 4.95. The number of carbonyl (C=O) groups is 2. The Kier molecular flexibility index (Phi) is 4.69. The van der Waals surface area contributed by atoms with Gasteiger partial charge >= 0.3 is 11.9 Å². The molecule has 2 aliphatic rings. The molecule has 0 aromatic rings. The van der Waals surface area contributed by atoms with Crippen LogP contribution in [0.5, 0.6) is 0 Å². The van der Waals surface area contributed by atoms with Crippen molar-refractivity contribution in [2.24, 2.45) is 10.4 Å². The highest BCUT2D eigenvalue weighted by Gasteiger charge is 2.56. The molecule has 0 aromatic heterocycles. The molecule has 1 aliphatic heterocycles. The lowest BCUT2D eigenvalue weighted by Gasteiger charge is -2.44. The molecule has 1 aliphatic carbocycles. The number of carboxylic acids is 1. The third kappa shape index (κ3) is 3.19. The fourth-order valence-electron chi connectivity index (χ4n) is 3.75. The lowest BCUT2D eigenvalue weighted by Crippen LogP contribution is -2.51. The molecule has 0 bridgehead atoms. The Bertz CT molecular complexity index is 550. The quantitative estimate of drug-likeness (QED) is 0.804. The summed E-state index contributed by atoms with van der Waals surface area (Å²) in [6.45, 7) is 7.37. The van der Waals surface area contributed by atoms with Crippen molar-refractivity contribution in [1.82, 2.24) is 0 Å². The average Bonchev–Trinajstić information content (AvgIpc) is 2.92. The molecule has 0 spiro atoms. The van der Waals surface area contributed by atoms with E-state index in [2.05, 4.69) is 4.99 Å². The highest BCUT2D eigenvalue weighted by Crippen LogP contribution is 2.51. The monoisotopic (exact) mass is 321 g/mol. The van der Waals surface area contributed by atoms with Crippen molar-refractivity contribution in [3.05, 3.63) is 11.6 Å². The molecule has 0 radical (unpaired) electrons. The number of aliphatic imine (C=N–C) groups is 1. The van der Waals surface area contributed by atoms with Crippen molar-refractivity contribution in [3.63, 3.8) is 0 Å². The van der Waals surface area contributed by atoms with Crippen molar-refractivity contribution in [2.75, 3.05) is 0 Å². The van der Waals surface area contributed by atoms with Crippen LogP contribution >= 0.6 is 0 Å². The molecule has 1 unspecified atom stereocenters. The summed E-state index contributed by atoms with van der Waals surface area (Å²) in [6, 6.07) is 0. The molecule has 5 heteroatoms. The molecule has 1 atom stereocenters. The van der Waals surface area contributed by atoms with Crippen LogP contribution in [0.2, 0.25) is 0 Å². The van der Waals surface area contributed by atoms with E-state index in [0.717, 1.165) is 19.3 Å². The van der Waals surface area contributed by atoms with Crippen LogP contribution in [0.25, 0.3) is 0 Å². The number of hydrogen-bond donors (Lipinski definition) is 1. The topological polar surface area (TPSA) is 76.0 Å². The first-order valence-electron chi connectivity index (χ1n) is 8.41. The summed E-state index contributed by atoms with van der Waals surface area (Å²) in [4.78, 5) is 28.9. The maximum Gasteiger partial charge on any atom is 0.339 e. The average molecular weight is 321 g/mol. The van der Waals surface area contributed by atoms with Crippen LogP contribution < -0.4 is 0 Å². The number of nitrogens with zero attached hydrogens (tertiary/aromatic N) is 1. The molecule has 1 fully saturated rings. The molecule has 2 rings (SSSR count). The van der Waals surface area contributed by atoms with Gasteiger partial charge in [0.05, 0.1) is 16.5 Å². The van der Waals surface area contributed by atoms with E-state index in [-0.39, 0.29) is 0 Å². The molecule has 1 N–H and O–H groups in total. The first kappa shape index (κ1) is 17.7. The van der Waals surface area contributed by atoms with Crippen LogP contribution in [0.1, 0.15) is 66.2 Å². The van der Waals surface area contributed by atoms with Gasteiger partial charge in [-0.25, -0.2) is 4.79 Å². The Morgan fingerprint density at radius 3 is 2.35 bits per heavy atom. The third-order valence-corrected chi connectivity index (χ3v) is 4.95. The number of esters is 1. The molecular formula is C18H27NO4. The van der Waals surface area contributed by atoms with Crippen LogP contribution in [0, 0.1) is 5.41 Å². The summed E-state index contributed by atoms with van der Waals surface area (Å²) in [7, 11) is 0. The van der Waals surface area contributed by atoms with E-state index in [9.17, 15) is 14.7 Å². The lowest BCUT2D eigenvalue weighted by atomic mass is 9.60. The maximum atomic E-state index is 12.3. The van der Waals surface area contributed by atoms with E-state index in [1.165, 1.54) is 6.21 Å². The molecule has 23 heavy (non-hydrogen) atoms. The smallest absolute Gasteiger partial charge is 0.339 e. The largest absolute Gasteiger partial charge is 0.481 e. The Hall–Kier alpha value is -1.65. The molecule has 1 heterocycles. The van der Waals surface area contributed by atoms with Crippen LogP contribution in [0.3, 0.4) is 0 Å². The van der Waals surface area contributed by atoms with E-state index in [4.69, 9.17) is 4.74 Å². The van der Waals surface area contributed by atoms with Gasteiger partial charge in [-0.1, -0.05) is 26.2 Å². The number of carboxylic acid groups (broad SMARTS) is 1. The zero-order chi connectivity index (χ0) is 17.3. The summed E-state index contributed by atoms with van der Waals surface area (Å²) in [6.07, 6.45) is 7.83. The standard InChI is InChI=1S/C18H27NO4/c1-5-18(17(15(21)22)9-7-6-8-10-17)11-13(12-19-18)14(20)23-16(2,3)4/h11-12H,5-10H2,1-4H3,(H,21,22). The highest BCUT2D eigenvalue weighted by atomic mass is 16.6. The summed E-state index contributed by atoms with van der Waals surface area (Å²) < 4.78 is 5.39. The fraction of sp³-hybridized carbons (Fsp3) is 0.722. The van der Waals surface area contributed by atoms with Crippen molar-refractivity contribution in [3.8, 4) is 0 Å². The van der Waals surface area contributed by atoms with Gasteiger partial charge in [0, 0.05) is 6.21 Å². The van der Waals surface area contributed by atoms with Crippen molar-refractivity contribution in [1.29, 1.82) is 0 Å². The second-order valence-electron chi connectivity index (χ2n) is 7.59. The molecular weight excluding hydrogens is 294 g/mol. The van der Waals surface area contributed by atoms with Gasteiger partial charge in [0.15, 0.2) is 0 Å². The second-order valence-corrected chi connectivity index (χ2v) is 7.59. The van der Waals surface area contributed by atoms with Crippen LogP contribution in [-0.4, -0.2) is 34.4 Å². The Labute approximate surface area is 137 Å². The Morgan fingerprint density at radius 1 is 1.26 bits per heavy atom. The lowest BCUT2D eigenvalue weighted by molar-refractivity contribution is -0.155. The SMILES string of the molecule is CCC1(C2(C(=O)O)CCCCC2)C=C(C(=O)OC(C)(C)C)C=N1. The zero-order valence-corrected chi connectivity index (χ0v) is 14.5. The van der Waals surface area contributed by atoms with Gasteiger partial charge < -0.3 is 9.84 Å². The minimum absolute atomic E-state index is 0.368. The molecule has 1 saturated carbocycles. The highest BCUT2D eigenvalue weighted by molar-refractivity contribution is 6.11. The van der Waals surface area contributed by atoms with Crippen molar-refractivity contribution in [2.45, 2.75) is 77.4 Å². The Morgan fingerprint density at radius 2 is 1.87 bits per heavy atom. The van der Waals surface area contributed by atoms with Crippen molar-refractivity contribution < 1.29 is 19.4 Å². The molecule has 128 valence electrons. The fourth-order valence-corrected chi connectivity index (χ4v) is 3.75. The van der Waals surface area contributed by atoms with E-state index in [1.54, 1.807) is 6.08 Å². The van der Waals surface area contributed by atoms with Gasteiger partial charge in [0.2, 0.25) is 0 Å². The number of carbonyl (C=O) groups excluding carboxylic acids is 1. The summed E-state index contributed by atoms with van der Waals surface area (Å²) in [5.74, 6) is -1.24. The normalized spacial score (nSPS) is 26.7. The van der Waals surface area contributed by atoms with Crippen LogP contribution in [-0.2, 0) is 14.3 Å². The van der Waals surface area contributed by atoms with Gasteiger partial charge in [-0.05, 0) is 46.1 Å². The summed E-state index contributed by atoms with van der Waals surface area (Å²) in [5, 5.41) is 9.94. The molecule has 5 nitrogen and oxygen atoms in total. The number of hydrogen-bond acceptors (Lipinski definition) is 4. The molecule has 0 amide bonds. The minimum atomic E-state index is -0.916. The Balaban J connectivity index is 2.37. The predicted molar refractivity (Wildman–Crippen MR) is 88.6 cm³/mol. The van der Waals surface area contributed by atoms with Crippen molar-refractivity contribution >= 4 is 18.2 Å². The van der Waals surface area contributed by atoms with E-state index >= 15 is 0 Å². The van der Waals surface area contributed by atoms with Crippen LogP contribution in [0.15, 0.2) is 16.6 Å². The number of aliphatic carboxylic acids is 1. The van der Waals surface area contributed by atoms with Gasteiger partial charge in [-0.15, -0.1) is 0 Å². The second kappa shape index (κ2) is 6.10. The van der Waals surface area contributed by atoms with E-state index < -0.39 is 28.5 Å². The summed E-state index contributed by atoms with van der Waals surface area (Å²) in [5.41, 5.74) is -1.97. The number of rotatable bonds is 4. The van der Waals surface area contributed by atoms with E-state index in [0.29, 0.717) is 24.8 Å². The molecule has 0 saturated heterocycles. The first-order chi connectivity index (χ1) is 10.7. The summed E-state index contributed by atoms with van der Waals surface area (Å²) >= 11 is 0. The van der Waals surface area contributed by atoms with E-state index in [1.807, 2.05) is 27.7 Å². The molecule has 0 aromatic carbocycles. The zero-order valence-electron chi connectivity index (χ0n) is 14.5. The maximum absolute atomic E-state index is 12.3. The van der Waals surface area contributed by atoms with Gasteiger partial charge in [-0.3, -0.25) is 9.79 Å². The minimum Gasteiger partial charge on any atom is -0.481 e. The van der Waals surface area contributed by atoms with Gasteiger partial charge in [-0.2, -0.15) is 0 Å².